The second-order valence-corrected chi connectivity index (χ2v) is 9.41. The smallest absolute Gasteiger partial charge is 0.328 e. The Kier molecular flexibility index (Phi) is 5.43. The highest BCUT2D eigenvalue weighted by Gasteiger charge is 2.64. The van der Waals surface area contributed by atoms with Gasteiger partial charge in [-0.3, -0.25) is 4.79 Å². The van der Waals surface area contributed by atoms with Crippen molar-refractivity contribution in [3.8, 4) is 11.5 Å². The minimum Gasteiger partial charge on any atom is -0.493 e. The number of hydrogen-bond donors (Lipinski definition) is 1. The van der Waals surface area contributed by atoms with Gasteiger partial charge in [0.05, 0.1) is 16.6 Å². The molecule has 2 aliphatic heterocycles. The third-order valence-corrected chi connectivity index (χ3v) is 8.00. The Morgan fingerprint density at radius 3 is 2.97 bits per heavy atom. The fraction of sp³-hybridized carbons (Fsp3) is 0.565. The summed E-state index contributed by atoms with van der Waals surface area (Å²) >= 11 is 0. The molecule has 0 amide bonds. The molecule has 1 aromatic carbocycles. The van der Waals surface area contributed by atoms with Crippen LogP contribution in [0.2, 0.25) is 0 Å². The first-order valence-corrected chi connectivity index (χ1v) is 11.5. The van der Waals surface area contributed by atoms with E-state index in [0.29, 0.717) is 23.5 Å². The topological polar surface area (TPSA) is 100 Å². The lowest BCUT2D eigenvalue weighted by Gasteiger charge is -2.56. The highest BCUT2D eigenvalue weighted by atomic mass is 31.0. The van der Waals surface area contributed by atoms with Crippen LogP contribution in [0, 0.1) is 5.92 Å². The van der Waals surface area contributed by atoms with Gasteiger partial charge < -0.3 is 29.4 Å². The first-order chi connectivity index (χ1) is 15.4. The van der Waals surface area contributed by atoms with E-state index in [0.717, 1.165) is 31.6 Å². The van der Waals surface area contributed by atoms with Gasteiger partial charge in [-0.25, -0.2) is 4.79 Å². The van der Waals surface area contributed by atoms with Crippen molar-refractivity contribution in [2.75, 3.05) is 20.7 Å². The lowest BCUT2D eigenvalue weighted by Crippen LogP contribution is -2.63. The van der Waals surface area contributed by atoms with Crippen LogP contribution in [0.4, 0.5) is 0 Å². The summed E-state index contributed by atoms with van der Waals surface area (Å²) in [4.78, 5) is 26.6. The minimum absolute atomic E-state index is 0.0464. The van der Waals surface area contributed by atoms with Crippen LogP contribution in [0.15, 0.2) is 24.0 Å². The van der Waals surface area contributed by atoms with Crippen LogP contribution >= 0.6 is 9.47 Å². The molecule has 172 valence electrons. The van der Waals surface area contributed by atoms with Gasteiger partial charge in [0, 0.05) is 23.4 Å². The number of likely N-dealkylation sites (tertiary alicyclic amines) is 1. The number of nitrogens with zero attached hydrogens (tertiary/aromatic N) is 1. The monoisotopic (exact) mass is 460 g/mol. The number of ether oxygens (including phenoxy) is 3. The highest BCUT2D eigenvalue weighted by molar-refractivity contribution is 7.10. The van der Waals surface area contributed by atoms with Gasteiger partial charge in [0.2, 0.25) is 0 Å². The average Bonchev–Trinajstić information content (AvgIpc) is 3.15. The van der Waals surface area contributed by atoms with Gasteiger partial charge in [-0.1, -0.05) is 6.07 Å². The molecule has 9 heteroatoms. The van der Waals surface area contributed by atoms with Crippen LogP contribution in [-0.4, -0.2) is 55.7 Å². The van der Waals surface area contributed by atoms with Crippen LogP contribution in [0.3, 0.4) is 0 Å². The summed E-state index contributed by atoms with van der Waals surface area (Å²) in [6.07, 6.45) is 4.51. The van der Waals surface area contributed by atoms with Crippen LogP contribution in [0.25, 0.3) is 0 Å². The van der Waals surface area contributed by atoms with Crippen molar-refractivity contribution in [2.45, 2.75) is 55.7 Å². The lowest BCUT2D eigenvalue weighted by atomic mass is 9.53. The molecule has 5 rings (SSSR count). The van der Waals surface area contributed by atoms with Gasteiger partial charge in [-0.05, 0) is 62.9 Å². The summed E-state index contributed by atoms with van der Waals surface area (Å²) in [5.74, 6) is 1.38. The van der Waals surface area contributed by atoms with Crippen molar-refractivity contribution in [1.82, 2.24) is 4.90 Å². The second kappa shape index (κ2) is 8.01. The number of likely N-dealkylation sites (N-methyl/N-ethyl adjacent to an activating group) is 1. The Hall–Kier alpha value is -2.15. The van der Waals surface area contributed by atoms with Gasteiger partial charge >= 0.3 is 11.9 Å². The molecule has 0 saturated carbocycles. The van der Waals surface area contributed by atoms with Gasteiger partial charge in [0.25, 0.3) is 0 Å². The number of piperidine rings is 1. The number of benzene rings is 1. The van der Waals surface area contributed by atoms with Crippen molar-refractivity contribution < 1.29 is 28.3 Å². The molecule has 1 aromatic rings. The van der Waals surface area contributed by atoms with Gasteiger partial charge in [-0.15, -0.1) is 0 Å². The van der Waals surface area contributed by atoms with Crippen LogP contribution in [0.5, 0.6) is 11.5 Å². The fourth-order valence-electron chi connectivity index (χ4n) is 6.21. The van der Waals surface area contributed by atoms with Gasteiger partial charge in [-0.2, -0.15) is 0 Å². The summed E-state index contributed by atoms with van der Waals surface area (Å²) in [5.41, 5.74) is 8.27. The van der Waals surface area contributed by atoms with E-state index in [1.165, 1.54) is 11.1 Å². The number of allylic oxidation sites excluding steroid dienone is 1. The molecule has 6 atom stereocenters. The maximum absolute atomic E-state index is 12.7. The highest BCUT2D eigenvalue weighted by Crippen LogP contribution is 2.63. The zero-order valence-electron chi connectivity index (χ0n) is 18.3. The molecule has 2 unspecified atom stereocenters. The maximum Gasteiger partial charge on any atom is 0.328 e. The number of hydrogen-bond acceptors (Lipinski definition) is 8. The second-order valence-electron chi connectivity index (χ2n) is 9.18. The summed E-state index contributed by atoms with van der Waals surface area (Å²) in [5, 5.41) is 0. The van der Waals surface area contributed by atoms with Crippen LogP contribution < -0.4 is 15.2 Å². The maximum atomic E-state index is 12.7. The summed E-state index contributed by atoms with van der Waals surface area (Å²) < 4.78 is 22.5. The van der Waals surface area contributed by atoms with E-state index in [1.807, 2.05) is 21.6 Å². The zero-order chi connectivity index (χ0) is 22.6. The van der Waals surface area contributed by atoms with E-state index in [1.54, 1.807) is 7.11 Å². The molecular weight excluding hydrogens is 431 g/mol. The van der Waals surface area contributed by atoms with Crippen LogP contribution in [0.1, 0.15) is 36.8 Å². The number of nitrogens with two attached hydrogens (primary N) is 1. The summed E-state index contributed by atoms with van der Waals surface area (Å²) in [6.45, 7) is 0.953. The largest absolute Gasteiger partial charge is 0.493 e. The Morgan fingerprint density at radius 2 is 2.22 bits per heavy atom. The Labute approximate surface area is 189 Å². The third kappa shape index (κ3) is 3.07. The Bertz CT molecular complexity index is 997. The number of carbonyl (C=O) groups excluding carboxylic acids is 2. The van der Waals surface area contributed by atoms with Crippen molar-refractivity contribution in [1.29, 1.82) is 0 Å². The zero-order valence-corrected chi connectivity index (χ0v) is 19.5. The predicted molar refractivity (Wildman–Crippen MR) is 119 cm³/mol. The van der Waals surface area contributed by atoms with Gasteiger partial charge in [0.1, 0.15) is 11.8 Å². The number of carbonyl (C=O) groups is 2. The Morgan fingerprint density at radius 1 is 1.41 bits per heavy atom. The lowest BCUT2D eigenvalue weighted by molar-refractivity contribution is -0.144. The number of methoxy groups -OCH3 is 1. The molecule has 2 bridgehead atoms. The van der Waals surface area contributed by atoms with E-state index in [-0.39, 0.29) is 18.3 Å². The van der Waals surface area contributed by atoms with E-state index in [2.05, 4.69) is 22.5 Å². The molecule has 1 fully saturated rings. The molecule has 0 aromatic heterocycles. The van der Waals surface area contributed by atoms with E-state index >= 15 is 0 Å². The van der Waals surface area contributed by atoms with Crippen molar-refractivity contribution >= 4 is 21.4 Å². The SMILES string of the molecule is COc1ccc2c3c1O[C@H]1C(OC(=O)C(N)CCC(=O)OP)=CC[C@H]4[C@@H](C2)N(C)CC[C@]314. The molecule has 1 spiro atoms. The fourth-order valence-corrected chi connectivity index (χ4v) is 6.32. The molecule has 1 saturated heterocycles. The van der Waals surface area contributed by atoms with E-state index < -0.39 is 24.1 Å². The van der Waals surface area contributed by atoms with Crippen molar-refractivity contribution in [3.05, 3.63) is 35.1 Å². The molecule has 8 nitrogen and oxygen atoms in total. The number of rotatable bonds is 6. The van der Waals surface area contributed by atoms with E-state index in [4.69, 9.17) is 19.9 Å². The van der Waals surface area contributed by atoms with E-state index in [9.17, 15) is 9.59 Å². The molecular formula is C23H29N2O6P. The van der Waals surface area contributed by atoms with Crippen LogP contribution in [-0.2, 0) is 30.7 Å². The summed E-state index contributed by atoms with van der Waals surface area (Å²) in [7, 11) is 5.74. The molecule has 32 heavy (non-hydrogen) atoms. The standard InChI is InChI=1S/C23H29N2O6P/c1-25-10-9-23-13-4-7-17(29-22(27)14(24)5-8-18(26)31-32)21(23)30-20-16(28-2)6-3-12(19(20)23)11-15(13)25/h3,6-7,13-15,21H,4-5,8-11,24,32H2,1-2H3/t13-,14?,15+,21-,23-/m0/s1. The first-order valence-electron chi connectivity index (χ1n) is 11.0. The normalized spacial score (nSPS) is 30.5. The Balaban J connectivity index is 1.47. The molecule has 2 aliphatic carbocycles. The molecule has 2 N–H and O–H groups in total. The molecule has 2 heterocycles. The van der Waals surface area contributed by atoms with Gasteiger partial charge in [0.15, 0.2) is 17.6 Å². The quantitative estimate of drug-likeness (QED) is 0.507. The number of esters is 1. The molecule has 4 aliphatic rings. The van der Waals surface area contributed by atoms with Crippen molar-refractivity contribution in [3.63, 3.8) is 0 Å². The molecule has 0 radical (unpaired) electrons. The third-order valence-electron chi connectivity index (χ3n) is 7.74. The summed E-state index contributed by atoms with van der Waals surface area (Å²) in [6, 6.07) is 3.61. The van der Waals surface area contributed by atoms with Crippen molar-refractivity contribution in [2.24, 2.45) is 11.7 Å². The predicted octanol–water partition coefficient (Wildman–Crippen LogP) is 1.84. The average molecular weight is 460 g/mol. The minimum atomic E-state index is -0.916. The first kappa shape index (κ1) is 21.7.